The lowest BCUT2D eigenvalue weighted by Gasteiger charge is -2.35. The second kappa shape index (κ2) is 12.7. The minimum Gasteiger partial charge on any atom is -0.497 e. The van der Waals surface area contributed by atoms with Crippen molar-refractivity contribution in [2.75, 3.05) is 33.3 Å². The smallest absolute Gasteiger partial charge is 0.191 e. The Balaban J connectivity index is 0.00000300. The Labute approximate surface area is 190 Å². The predicted molar refractivity (Wildman–Crippen MR) is 126 cm³/mol. The molecule has 2 N–H and O–H groups in total. The third-order valence-corrected chi connectivity index (χ3v) is 5.03. The van der Waals surface area contributed by atoms with Crippen LogP contribution >= 0.6 is 24.0 Å². The predicted octanol–water partition coefficient (Wildman–Crippen LogP) is 3.58. The van der Waals surface area contributed by atoms with Crippen LogP contribution in [0.25, 0.3) is 0 Å². The number of likely N-dealkylation sites (tertiary alicyclic amines) is 1. The normalized spacial score (nSPS) is 16.0. The number of halogens is 1. The Morgan fingerprint density at radius 2 is 1.93 bits per heavy atom. The quantitative estimate of drug-likeness (QED) is 0.320. The standard InChI is InChI=1S/C21H31N5O2.HI/c1-3-22-21(23-15-18-11-14-28-25-18)24-16-20(26-12-5-4-6-13-26)17-7-9-19(27-2)10-8-17;/h7-11,14,20H,3-6,12-13,15-16H2,1-2H3,(H2,22,23,24);1H. The number of piperidine rings is 1. The molecule has 1 unspecified atom stereocenters. The average molecular weight is 513 g/mol. The van der Waals surface area contributed by atoms with Crippen LogP contribution < -0.4 is 15.4 Å². The van der Waals surface area contributed by atoms with Crippen molar-refractivity contribution < 1.29 is 9.26 Å². The van der Waals surface area contributed by atoms with E-state index in [1.807, 2.05) is 18.2 Å². The molecule has 2 heterocycles. The Kier molecular flexibility index (Phi) is 10.3. The van der Waals surface area contributed by atoms with Gasteiger partial charge in [-0.25, -0.2) is 4.99 Å². The number of methoxy groups -OCH3 is 1. The van der Waals surface area contributed by atoms with Crippen LogP contribution in [0.1, 0.15) is 43.5 Å². The van der Waals surface area contributed by atoms with Gasteiger partial charge in [-0.3, -0.25) is 4.90 Å². The van der Waals surface area contributed by atoms with Crippen LogP contribution in [-0.4, -0.2) is 49.3 Å². The summed E-state index contributed by atoms with van der Waals surface area (Å²) in [6.07, 6.45) is 5.41. The number of aliphatic imine (C=N–C) groups is 1. The summed E-state index contributed by atoms with van der Waals surface area (Å²) in [7, 11) is 1.70. The zero-order chi connectivity index (χ0) is 19.6. The van der Waals surface area contributed by atoms with Gasteiger partial charge in [0.1, 0.15) is 17.7 Å². The van der Waals surface area contributed by atoms with Crippen LogP contribution in [0.15, 0.2) is 46.1 Å². The molecule has 1 aromatic heterocycles. The van der Waals surface area contributed by atoms with Gasteiger partial charge in [0.25, 0.3) is 0 Å². The maximum Gasteiger partial charge on any atom is 0.191 e. The lowest BCUT2D eigenvalue weighted by atomic mass is 10.0. The molecular formula is C21H32IN5O2. The van der Waals surface area contributed by atoms with Crippen molar-refractivity contribution in [2.45, 2.75) is 38.8 Å². The van der Waals surface area contributed by atoms with Gasteiger partial charge in [0.15, 0.2) is 5.96 Å². The minimum atomic E-state index is 0. The fourth-order valence-corrected chi connectivity index (χ4v) is 3.53. The molecule has 2 aromatic rings. The molecule has 0 radical (unpaired) electrons. The molecule has 7 nitrogen and oxygen atoms in total. The molecule has 0 amide bonds. The zero-order valence-electron chi connectivity index (χ0n) is 17.3. The van der Waals surface area contributed by atoms with Crippen LogP contribution in [0.4, 0.5) is 0 Å². The van der Waals surface area contributed by atoms with Crippen LogP contribution in [0.2, 0.25) is 0 Å². The van der Waals surface area contributed by atoms with Gasteiger partial charge in [0.05, 0.1) is 19.7 Å². The van der Waals surface area contributed by atoms with Crippen molar-refractivity contribution in [2.24, 2.45) is 4.99 Å². The van der Waals surface area contributed by atoms with Gasteiger partial charge < -0.3 is 19.9 Å². The first-order chi connectivity index (χ1) is 13.8. The number of rotatable bonds is 8. The van der Waals surface area contributed by atoms with Crippen LogP contribution in [0.5, 0.6) is 5.75 Å². The number of guanidine groups is 1. The van der Waals surface area contributed by atoms with Crippen molar-refractivity contribution in [1.29, 1.82) is 0 Å². The zero-order valence-corrected chi connectivity index (χ0v) is 19.6. The first kappa shape index (κ1) is 23.5. The van der Waals surface area contributed by atoms with E-state index < -0.39 is 0 Å². The van der Waals surface area contributed by atoms with E-state index in [1.54, 1.807) is 13.4 Å². The second-order valence-electron chi connectivity index (χ2n) is 6.95. The highest BCUT2D eigenvalue weighted by Gasteiger charge is 2.22. The maximum absolute atomic E-state index is 5.32. The van der Waals surface area contributed by atoms with Gasteiger partial charge >= 0.3 is 0 Å². The molecular weight excluding hydrogens is 481 g/mol. The molecule has 29 heavy (non-hydrogen) atoms. The van der Waals surface area contributed by atoms with E-state index >= 15 is 0 Å². The van der Waals surface area contributed by atoms with Gasteiger partial charge in [-0.05, 0) is 50.6 Å². The van der Waals surface area contributed by atoms with Crippen molar-refractivity contribution in [1.82, 2.24) is 20.7 Å². The highest BCUT2D eigenvalue weighted by molar-refractivity contribution is 14.0. The molecule has 1 aliphatic heterocycles. The van der Waals surface area contributed by atoms with Gasteiger partial charge in [-0.1, -0.05) is 23.7 Å². The largest absolute Gasteiger partial charge is 0.497 e. The fraction of sp³-hybridized carbons (Fsp3) is 0.524. The average Bonchev–Trinajstić information content (AvgIpc) is 3.27. The molecule has 0 bridgehead atoms. The molecule has 1 aliphatic rings. The number of nitrogens with one attached hydrogen (secondary N) is 2. The second-order valence-corrected chi connectivity index (χ2v) is 6.95. The Morgan fingerprint density at radius 3 is 2.55 bits per heavy atom. The summed E-state index contributed by atoms with van der Waals surface area (Å²) < 4.78 is 10.2. The van der Waals surface area contributed by atoms with E-state index in [2.05, 4.69) is 44.7 Å². The van der Waals surface area contributed by atoms with E-state index in [-0.39, 0.29) is 24.0 Å². The van der Waals surface area contributed by atoms with E-state index in [0.29, 0.717) is 12.6 Å². The Bertz CT molecular complexity index is 715. The molecule has 1 atom stereocenters. The summed E-state index contributed by atoms with van der Waals surface area (Å²) in [4.78, 5) is 7.20. The molecule has 1 aromatic carbocycles. The van der Waals surface area contributed by atoms with Crippen LogP contribution in [0, 0.1) is 0 Å². The number of nitrogens with zero attached hydrogens (tertiary/aromatic N) is 3. The van der Waals surface area contributed by atoms with Crippen molar-refractivity contribution in [3.63, 3.8) is 0 Å². The summed E-state index contributed by atoms with van der Waals surface area (Å²) in [6.45, 7) is 6.41. The third kappa shape index (κ3) is 7.18. The molecule has 8 heteroatoms. The lowest BCUT2D eigenvalue weighted by molar-refractivity contribution is 0.164. The molecule has 0 saturated carbocycles. The first-order valence-electron chi connectivity index (χ1n) is 10.1. The molecule has 3 rings (SSSR count). The van der Waals surface area contributed by atoms with Gasteiger partial charge in [-0.15, -0.1) is 24.0 Å². The summed E-state index contributed by atoms with van der Waals surface area (Å²) in [5, 5.41) is 10.8. The number of ether oxygens (including phenoxy) is 1. The summed E-state index contributed by atoms with van der Waals surface area (Å²) in [5.74, 6) is 1.68. The molecule has 160 valence electrons. The van der Waals surface area contributed by atoms with Crippen LogP contribution in [0.3, 0.4) is 0 Å². The van der Waals surface area contributed by atoms with Gasteiger partial charge in [-0.2, -0.15) is 0 Å². The maximum atomic E-state index is 5.32. The van der Waals surface area contributed by atoms with Crippen molar-refractivity contribution in [3.05, 3.63) is 47.9 Å². The summed E-state index contributed by atoms with van der Waals surface area (Å²) >= 11 is 0. The van der Waals surface area contributed by atoms with E-state index in [9.17, 15) is 0 Å². The van der Waals surface area contributed by atoms with Crippen molar-refractivity contribution in [3.8, 4) is 5.75 Å². The topological polar surface area (TPSA) is 74.9 Å². The van der Waals surface area contributed by atoms with Gasteiger partial charge in [0.2, 0.25) is 0 Å². The fourth-order valence-electron chi connectivity index (χ4n) is 3.53. The van der Waals surface area contributed by atoms with Crippen LogP contribution in [-0.2, 0) is 6.54 Å². The summed E-state index contributed by atoms with van der Waals surface area (Å²) in [5.41, 5.74) is 2.11. The highest BCUT2D eigenvalue weighted by atomic mass is 127. The van der Waals surface area contributed by atoms with Crippen molar-refractivity contribution >= 4 is 29.9 Å². The minimum absolute atomic E-state index is 0. The SMILES string of the molecule is CCNC(=NCc1ccon1)NCC(c1ccc(OC)cc1)N1CCCCC1.I. The Hall–Kier alpha value is -1.81. The first-order valence-corrected chi connectivity index (χ1v) is 10.1. The molecule has 1 fully saturated rings. The molecule has 0 spiro atoms. The highest BCUT2D eigenvalue weighted by Crippen LogP contribution is 2.25. The van der Waals surface area contributed by atoms with Gasteiger partial charge in [0, 0.05) is 19.2 Å². The number of hydrogen-bond acceptors (Lipinski definition) is 5. The van der Waals surface area contributed by atoms with E-state index in [4.69, 9.17) is 9.26 Å². The number of hydrogen-bond donors (Lipinski definition) is 2. The van der Waals surface area contributed by atoms with E-state index in [0.717, 1.165) is 43.6 Å². The number of benzene rings is 1. The summed E-state index contributed by atoms with van der Waals surface area (Å²) in [6, 6.07) is 10.5. The Morgan fingerprint density at radius 1 is 1.17 bits per heavy atom. The molecule has 1 saturated heterocycles. The molecule has 0 aliphatic carbocycles. The third-order valence-electron chi connectivity index (χ3n) is 5.03. The monoisotopic (exact) mass is 513 g/mol. The number of aromatic nitrogens is 1. The van der Waals surface area contributed by atoms with E-state index in [1.165, 1.54) is 24.8 Å². The lowest BCUT2D eigenvalue weighted by Crippen LogP contribution is -2.44.